The molecule has 5 heteroatoms. The molecule has 0 aliphatic heterocycles. The van der Waals surface area contributed by atoms with E-state index in [0.717, 1.165) is 5.56 Å². The number of carbonyl (C=O) groups is 1. The third-order valence-electron chi connectivity index (χ3n) is 2.48. The minimum Gasteiger partial charge on any atom is -0.444 e. The fourth-order valence-electron chi connectivity index (χ4n) is 1.52. The fraction of sp³-hybridized carbons (Fsp3) is 0.500. The van der Waals surface area contributed by atoms with Crippen molar-refractivity contribution in [3.8, 4) is 0 Å². The van der Waals surface area contributed by atoms with E-state index in [1.807, 2.05) is 0 Å². The summed E-state index contributed by atoms with van der Waals surface area (Å²) in [6.45, 7) is 7.27. The Morgan fingerprint density at radius 2 is 2.11 bits per heavy atom. The molecule has 1 amide bonds. The van der Waals surface area contributed by atoms with Crippen molar-refractivity contribution >= 4 is 6.09 Å². The van der Waals surface area contributed by atoms with Crippen LogP contribution in [0.5, 0.6) is 0 Å². The number of nitrogens with two attached hydrogens (primary N) is 1. The average Bonchev–Trinajstić information content (AvgIpc) is 2.27. The molecule has 0 bridgehead atoms. The van der Waals surface area contributed by atoms with E-state index in [2.05, 4.69) is 5.32 Å². The second kappa shape index (κ2) is 6.02. The van der Waals surface area contributed by atoms with Crippen LogP contribution in [-0.4, -0.2) is 18.2 Å². The smallest absolute Gasteiger partial charge is 0.407 e. The van der Waals surface area contributed by atoms with Crippen molar-refractivity contribution < 1.29 is 13.9 Å². The number of alkyl carbamates (subject to hydrolysis) is 1. The number of carbonyl (C=O) groups excluding carboxylic acids is 1. The largest absolute Gasteiger partial charge is 0.444 e. The van der Waals surface area contributed by atoms with Gasteiger partial charge in [-0.05, 0) is 44.9 Å². The maximum atomic E-state index is 13.1. The topological polar surface area (TPSA) is 64.3 Å². The lowest BCUT2D eigenvalue weighted by Crippen LogP contribution is -2.36. The fourth-order valence-corrected chi connectivity index (χ4v) is 1.52. The summed E-state index contributed by atoms with van der Waals surface area (Å²) < 4.78 is 18.2. The first-order valence-corrected chi connectivity index (χ1v) is 6.17. The van der Waals surface area contributed by atoms with E-state index in [-0.39, 0.29) is 12.4 Å². The standard InChI is InChI=1S/C14H21FN2O2/c1-9-7-10(5-6-11(9)15)12(16)8-17-13(18)19-14(2,3)4/h5-7,12H,8,16H2,1-4H3,(H,17,18). The summed E-state index contributed by atoms with van der Waals surface area (Å²) in [7, 11) is 0. The molecular weight excluding hydrogens is 247 g/mol. The van der Waals surface area contributed by atoms with Crippen LogP contribution in [0.25, 0.3) is 0 Å². The average molecular weight is 268 g/mol. The summed E-state index contributed by atoms with van der Waals surface area (Å²) in [5.41, 5.74) is 6.70. The lowest BCUT2D eigenvalue weighted by atomic mass is 10.0. The molecule has 3 N–H and O–H groups in total. The number of aryl methyl sites for hydroxylation is 1. The Hall–Kier alpha value is -1.62. The van der Waals surface area contributed by atoms with Crippen molar-refractivity contribution in [1.82, 2.24) is 5.32 Å². The first-order valence-electron chi connectivity index (χ1n) is 6.17. The van der Waals surface area contributed by atoms with Gasteiger partial charge < -0.3 is 15.8 Å². The number of hydrogen-bond donors (Lipinski definition) is 2. The molecule has 1 aromatic carbocycles. The van der Waals surface area contributed by atoms with Crippen molar-refractivity contribution in [2.45, 2.75) is 39.3 Å². The lowest BCUT2D eigenvalue weighted by molar-refractivity contribution is 0.0524. The van der Waals surface area contributed by atoms with Gasteiger partial charge in [-0.15, -0.1) is 0 Å². The SMILES string of the molecule is Cc1cc(C(N)CNC(=O)OC(C)(C)C)ccc1F. The second-order valence-electron chi connectivity index (χ2n) is 5.50. The maximum Gasteiger partial charge on any atom is 0.407 e. The Bertz CT molecular complexity index is 455. The van der Waals surface area contributed by atoms with E-state index in [4.69, 9.17) is 10.5 Å². The summed E-state index contributed by atoms with van der Waals surface area (Å²) in [4.78, 5) is 11.5. The van der Waals surface area contributed by atoms with Gasteiger partial charge in [0, 0.05) is 12.6 Å². The van der Waals surface area contributed by atoms with Crippen LogP contribution >= 0.6 is 0 Å². The summed E-state index contributed by atoms with van der Waals surface area (Å²) in [5.74, 6) is -0.268. The Kier molecular flexibility index (Phi) is 4.89. The number of halogens is 1. The van der Waals surface area contributed by atoms with E-state index >= 15 is 0 Å². The van der Waals surface area contributed by atoms with Crippen molar-refractivity contribution in [3.05, 3.63) is 35.1 Å². The molecule has 0 aromatic heterocycles. The molecule has 0 spiro atoms. The Labute approximate surface area is 113 Å². The van der Waals surface area contributed by atoms with Crippen molar-refractivity contribution in [2.24, 2.45) is 5.73 Å². The molecule has 0 heterocycles. The number of hydrogen-bond acceptors (Lipinski definition) is 3. The molecule has 0 saturated heterocycles. The van der Waals surface area contributed by atoms with Gasteiger partial charge in [-0.2, -0.15) is 0 Å². The molecule has 19 heavy (non-hydrogen) atoms. The van der Waals surface area contributed by atoms with E-state index in [0.29, 0.717) is 5.56 Å². The van der Waals surface area contributed by atoms with Crippen LogP contribution in [0.2, 0.25) is 0 Å². The highest BCUT2D eigenvalue weighted by Gasteiger charge is 2.17. The Morgan fingerprint density at radius 3 is 2.63 bits per heavy atom. The molecule has 0 aliphatic rings. The zero-order valence-electron chi connectivity index (χ0n) is 11.8. The minimum absolute atomic E-state index is 0.236. The van der Waals surface area contributed by atoms with Crippen LogP contribution in [-0.2, 0) is 4.74 Å². The Balaban J connectivity index is 2.53. The predicted octanol–water partition coefficient (Wildman–Crippen LogP) is 2.66. The number of amides is 1. The summed E-state index contributed by atoms with van der Waals surface area (Å²) in [6.07, 6.45) is -0.512. The van der Waals surface area contributed by atoms with Gasteiger partial charge in [-0.25, -0.2) is 9.18 Å². The first kappa shape index (κ1) is 15.4. The molecule has 0 aliphatic carbocycles. The van der Waals surface area contributed by atoms with Gasteiger partial charge >= 0.3 is 6.09 Å². The molecule has 4 nitrogen and oxygen atoms in total. The van der Waals surface area contributed by atoms with E-state index in [1.165, 1.54) is 6.07 Å². The van der Waals surface area contributed by atoms with Gasteiger partial charge in [-0.3, -0.25) is 0 Å². The van der Waals surface area contributed by atoms with Crippen LogP contribution in [0.15, 0.2) is 18.2 Å². The van der Waals surface area contributed by atoms with E-state index in [9.17, 15) is 9.18 Å². The van der Waals surface area contributed by atoms with E-state index < -0.39 is 17.7 Å². The maximum absolute atomic E-state index is 13.1. The summed E-state index contributed by atoms with van der Waals surface area (Å²) in [5, 5.41) is 2.59. The normalized spacial score (nSPS) is 12.9. The molecule has 1 rings (SSSR count). The highest BCUT2D eigenvalue weighted by atomic mass is 19.1. The van der Waals surface area contributed by atoms with Gasteiger partial charge in [0.2, 0.25) is 0 Å². The highest BCUT2D eigenvalue weighted by Crippen LogP contribution is 2.14. The van der Waals surface area contributed by atoms with Crippen LogP contribution in [0.1, 0.15) is 37.9 Å². The van der Waals surface area contributed by atoms with Crippen molar-refractivity contribution in [1.29, 1.82) is 0 Å². The van der Waals surface area contributed by atoms with Crippen LogP contribution in [0.4, 0.5) is 9.18 Å². The van der Waals surface area contributed by atoms with Crippen LogP contribution < -0.4 is 11.1 Å². The number of nitrogens with one attached hydrogen (secondary N) is 1. The number of ether oxygens (including phenoxy) is 1. The molecular formula is C14H21FN2O2. The monoisotopic (exact) mass is 268 g/mol. The van der Waals surface area contributed by atoms with Crippen LogP contribution in [0, 0.1) is 12.7 Å². The third kappa shape index (κ3) is 5.26. The zero-order valence-corrected chi connectivity index (χ0v) is 11.8. The zero-order chi connectivity index (χ0) is 14.6. The first-order chi connectivity index (χ1) is 8.69. The number of benzene rings is 1. The number of rotatable bonds is 3. The molecule has 0 radical (unpaired) electrons. The molecule has 1 atom stereocenters. The minimum atomic E-state index is -0.541. The van der Waals surface area contributed by atoms with Gasteiger partial charge in [0.1, 0.15) is 11.4 Å². The van der Waals surface area contributed by atoms with Crippen molar-refractivity contribution in [3.63, 3.8) is 0 Å². The Morgan fingerprint density at radius 1 is 1.47 bits per heavy atom. The predicted molar refractivity (Wildman–Crippen MR) is 72.3 cm³/mol. The third-order valence-corrected chi connectivity index (χ3v) is 2.48. The van der Waals surface area contributed by atoms with Gasteiger partial charge in [0.15, 0.2) is 0 Å². The summed E-state index contributed by atoms with van der Waals surface area (Å²) >= 11 is 0. The van der Waals surface area contributed by atoms with Crippen molar-refractivity contribution in [2.75, 3.05) is 6.54 Å². The molecule has 0 saturated carbocycles. The molecule has 1 unspecified atom stereocenters. The second-order valence-corrected chi connectivity index (χ2v) is 5.50. The molecule has 0 fully saturated rings. The molecule has 1 aromatic rings. The summed E-state index contributed by atoms with van der Waals surface area (Å²) in [6, 6.07) is 4.27. The molecule has 106 valence electrons. The highest BCUT2D eigenvalue weighted by molar-refractivity contribution is 5.67. The van der Waals surface area contributed by atoms with E-state index in [1.54, 1.807) is 39.8 Å². The quantitative estimate of drug-likeness (QED) is 0.885. The van der Waals surface area contributed by atoms with Gasteiger partial charge in [-0.1, -0.05) is 12.1 Å². The lowest BCUT2D eigenvalue weighted by Gasteiger charge is -2.21. The van der Waals surface area contributed by atoms with Gasteiger partial charge in [0.25, 0.3) is 0 Å². The van der Waals surface area contributed by atoms with Gasteiger partial charge in [0.05, 0.1) is 0 Å². The van der Waals surface area contributed by atoms with Crippen LogP contribution in [0.3, 0.4) is 0 Å².